The molecular weight excluding hydrogens is 266 g/mol. The number of carbonyl (C=O) groups excluding carboxylic acids is 1. The van der Waals surface area contributed by atoms with Gasteiger partial charge in [0, 0.05) is 12.2 Å². The Kier molecular flexibility index (Phi) is 5.04. The summed E-state index contributed by atoms with van der Waals surface area (Å²) < 4.78 is 1.70. The molecule has 118 valence electrons. The number of aryl methyl sites for hydroxylation is 2. The van der Waals surface area contributed by atoms with Gasteiger partial charge in [0.15, 0.2) is 0 Å². The van der Waals surface area contributed by atoms with Crippen molar-refractivity contribution in [3.05, 3.63) is 17.5 Å². The summed E-state index contributed by atoms with van der Waals surface area (Å²) in [5, 5.41) is 17.7. The molecule has 1 fully saturated rings. The summed E-state index contributed by atoms with van der Waals surface area (Å²) in [4.78, 5) is 12.0. The van der Waals surface area contributed by atoms with Crippen molar-refractivity contribution in [2.45, 2.75) is 65.0 Å². The van der Waals surface area contributed by atoms with E-state index in [0.29, 0.717) is 6.54 Å². The minimum Gasteiger partial charge on any atom is -0.388 e. The normalized spacial score (nSPS) is 25.8. The lowest BCUT2D eigenvalue weighted by Gasteiger charge is -2.35. The van der Waals surface area contributed by atoms with E-state index in [2.05, 4.69) is 17.3 Å². The molecule has 1 aromatic rings. The van der Waals surface area contributed by atoms with Gasteiger partial charge in [-0.1, -0.05) is 13.3 Å². The highest BCUT2D eigenvalue weighted by Gasteiger charge is 2.32. The molecule has 21 heavy (non-hydrogen) atoms. The van der Waals surface area contributed by atoms with Crippen LogP contribution >= 0.6 is 0 Å². The van der Waals surface area contributed by atoms with Gasteiger partial charge in [0.1, 0.15) is 6.54 Å². The van der Waals surface area contributed by atoms with E-state index in [-0.39, 0.29) is 12.5 Å². The number of hydrogen-bond donors (Lipinski definition) is 2. The molecule has 1 aliphatic rings. The third kappa shape index (κ3) is 4.30. The third-order valence-corrected chi connectivity index (χ3v) is 4.62. The highest BCUT2D eigenvalue weighted by atomic mass is 16.3. The Labute approximate surface area is 126 Å². The van der Waals surface area contributed by atoms with Gasteiger partial charge in [-0.15, -0.1) is 0 Å². The van der Waals surface area contributed by atoms with Crippen LogP contribution in [-0.4, -0.2) is 32.9 Å². The van der Waals surface area contributed by atoms with Gasteiger partial charge in [0.25, 0.3) is 0 Å². The van der Waals surface area contributed by atoms with Gasteiger partial charge >= 0.3 is 0 Å². The zero-order valence-corrected chi connectivity index (χ0v) is 13.4. The maximum atomic E-state index is 12.0. The van der Waals surface area contributed by atoms with Crippen LogP contribution in [0, 0.1) is 19.8 Å². The quantitative estimate of drug-likeness (QED) is 0.872. The van der Waals surface area contributed by atoms with Crippen molar-refractivity contribution in [1.29, 1.82) is 0 Å². The summed E-state index contributed by atoms with van der Waals surface area (Å²) in [5.74, 6) is 0.642. The lowest BCUT2D eigenvalue weighted by molar-refractivity contribution is -0.123. The molecule has 0 aliphatic heterocycles. The Hall–Kier alpha value is -1.36. The van der Waals surface area contributed by atoms with Crippen molar-refractivity contribution < 1.29 is 9.90 Å². The Bertz CT molecular complexity index is 488. The third-order valence-electron chi connectivity index (χ3n) is 4.62. The first kappa shape index (κ1) is 16.0. The molecule has 0 saturated heterocycles. The molecule has 1 aliphatic carbocycles. The zero-order chi connectivity index (χ0) is 15.5. The molecule has 2 rings (SSSR count). The first-order valence-corrected chi connectivity index (χ1v) is 7.92. The Balaban J connectivity index is 1.80. The van der Waals surface area contributed by atoms with Gasteiger partial charge < -0.3 is 10.4 Å². The van der Waals surface area contributed by atoms with Crippen LogP contribution in [0.25, 0.3) is 0 Å². The fourth-order valence-corrected chi connectivity index (χ4v) is 3.09. The molecule has 0 bridgehead atoms. The van der Waals surface area contributed by atoms with Crippen LogP contribution < -0.4 is 5.32 Å². The summed E-state index contributed by atoms with van der Waals surface area (Å²) in [7, 11) is 0. The van der Waals surface area contributed by atoms with Crippen LogP contribution in [-0.2, 0) is 11.3 Å². The standard InChI is InChI=1S/C16H27N3O2/c1-4-14-5-7-16(21,8-6-14)11-17-15(20)10-19-13(3)9-12(2)18-19/h9,14,21H,4-8,10-11H2,1-3H3,(H,17,20). The zero-order valence-electron chi connectivity index (χ0n) is 13.4. The summed E-state index contributed by atoms with van der Waals surface area (Å²) in [5.41, 5.74) is 1.16. The molecule has 1 heterocycles. The molecule has 2 N–H and O–H groups in total. The fraction of sp³-hybridized carbons (Fsp3) is 0.750. The van der Waals surface area contributed by atoms with Crippen molar-refractivity contribution in [2.24, 2.45) is 5.92 Å². The number of nitrogens with zero attached hydrogens (tertiary/aromatic N) is 2. The molecule has 0 radical (unpaired) electrons. The van der Waals surface area contributed by atoms with Crippen molar-refractivity contribution in [3.63, 3.8) is 0 Å². The second-order valence-corrected chi connectivity index (χ2v) is 6.44. The largest absolute Gasteiger partial charge is 0.388 e. The van der Waals surface area contributed by atoms with Crippen LogP contribution in [0.5, 0.6) is 0 Å². The number of nitrogens with one attached hydrogen (secondary N) is 1. The van der Waals surface area contributed by atoms with E-state index in [1.807, 2.05) is 19.9 Å². The molecule has 1 amide bonds. The predicted molar refractivity (Wildman–Crippen MR) is 81.9 cm³/mol. The summed E-state index contributed by atoms with van der Waals surface area (Å²) in [6, 6.07) is 1.95. The van der Waals surface area contributed by atoms with E-state index >= 15 is 0 Å². The van der Waals surface area contributed by atoms with Gasteiger partial charge in [-0.3, -0.25) is 9.48 Å². The molecule has 0 unspecified atom stereocenters. The lowest BCUT2D eigenvalue weighted by Crippen LogP contribution is -2.46. The first-order chi connectivity index (χ1) is 9.92. The van der Waals surface area contributed by atoms with Gasteiger partial charge in [-0.05, 0) is 51.5 Å². The van der Waals surface area contributed by atoms with E-state index in [1.165, 1.54) is 6.42 Å². The molecule has 0 aromatic carbocycles. The summed E-state index contributed by atoms with van der Waals surface area (Å²) in [6.45, 7) is 6.61. The average molecular weight is 293 g/mol. The van der Waals surface area contributed by atoms with E-state index < -0.39 is 5.60 Å². The Morgan fingerprint density at radius 3 is 2.67 bits per heavy atom. The summed E-state index contributed by atoms with van der Waals surface area (Å²) >= 11 is 0. The molecule has 5 heteroatoms. The number of hydrogen-bond acceptors (Lipinski definition) is 3. The highest BCUT2D eigenvalue weighted by molar-refractivity contribution is 5.75. The lowest BCUT2D eigenvalue weighted by atomic mass is 9.78. The molecular formula is C16H27N3O2. The molecule has 0 spiro atoms. The monoisotopic (exact) mass is 293 g/mol. The van der Waals surface area contributed by atoms with E-state index in [1.54, 1.807) is 4.68 Å². The van der Waals surface area contributed by atoms with Crippen LogP contribution in [0.4, 0.5) is 0 Å². The topological polar surface area (TPSA) is 67.2 Å². The first-order valence-electron chi connectivity index (χ1n) is 7.92. The van der Waals surface area contributed by atoms with E-state index in [0.717, 1.165) is 43.0 Å². The van der Waals surface area contributed by atoms with E-state index in [4.69, 9.17) is 0 Å². The SMILES string of the molecule is CCC1CCC(O)(CNC(=O)Cn2nc(C)cc2C)CC1. The molecule has 0 atom stereocenters. The number of rotatable bonds is 5. The second-order valence-electron chi connectivity index (χ2n) is 6.44. The smallest absolute Gasteiger partial charge is 0.241 e. The fourth-order valence-electron chi connectivity index (χ4n) is 3.09. The van der Waals surface area contributed by atoms with Gasteiger partial charge in [-0.2, -0.15) is 5.10 Å². The van der Waals surface area contributed by atoms with Crippen molar-refractivity contribution in [2.75, 3.05) is 6.54 Å². The van der Waals surface area contributed by atoms with Gasteiger partial charge in [-0.25, -0.2) is 0 Å². The van der Waals surface area contributed by atoms with Gasteiger partial charge in [0.2, 0.25) is 5.91 Å². The number of carbonyl (C=O) groups is 1. The van der Waals surface area contributed by atoms with Gasteiger partial charge in [0.05, 0.1) is 11.3 Å². The van der Waals surface area contributed by atoms with Crippen LogP contribution in [0.3, 0.4) is 0 Å². The van der Waals surface area contributed by atoms with Crippen LogP contribution in [0.2, 0.25) is 0 Å². The predicted octanol–water partition coefficient (Wildman–Crippen LogP) is 1.95. The van der Waals surface area contributed by atoms with Crippen molar-refractivity contribution in [1.82, 2.24) is 15.1 Å². The molecule has 5 nitrogen and oxygen atoms in total. The number of amides is 1. The second kappa shape index (κ2) is 6.60. The number of aliphatic hydroxyl groups is 1. The Morgan fingerprint density at radius 2 is 2.14 bits per heavy atom. The highest BCUT2D eigenvalue weighted by Crippen LogP contribution is 2.33. The van der Waals surface area contributed by atoms with Crippen molar-refractivity contribution in [3.8, 4) is 0 Å². The molecule has 1 aromatic heterocycles. The summed E-state index contributed by atoms with van der Waals surface area (Å²) in [6.07, 6.45) is 4.86. The number of aromatic nitrogens is 2. The molecule has 1 saturated carbocycles. The maximum Gasteiger partial charge on any atom is 0.241 e. The van der Waals surface area contributed by atoms with Crippen LogP contribution in [0.1, 0.15) is 50.4 Å². The maximum absolute atomic E-state index is 12.0. The van der Waals surface area contributed by atoms with Crippen molar-refractivity contribution >= 4 is 5.91 Å². The van der Waals surface area contributed by atoms with Crippen LogP contribution in [0.15, 0.2) is 6.07 Å². The minimum atomic E-state index is -0.726. The average Bonchev–Trinajstić information content (AvgIpc) is 2.76. The minimum absolute atomic E-state index is 0.0905. The Morgan fingerprint density at radius 1 is 1.48 bits per heavy atom. The van der Waals surface area contributed by atoms with E-state index in [9.17, 15) is 9.90 Å².